The topological polar surface area (TPSA) is 75.3 Å². The normalized spacial score (nSPS) is 12.6. The molecule has 6 heteroatoms. The Morgan fingerprint density at radius 2 is 1.55 bits per heavy atom. The van der Waals surface area contributed by atoms with Gasteiger partial charge in [0.25, 0.3) is 0 Å². The average molecular weight is 318 g/mol. The molecule has 0 radical (unpaired) electrons. The summed E-state index contributed by atoms with van der Waals surface area (Å²) in [5.41, 5.74) is 0.686. The predicted octanol–water partition coefficient (Wildman–Crippen LogP) is 2.38. The van der Waals surface area contributed by atoms with Crippen molar-refractivity contribution in [1.82, 2.24) is 4.72 Å². The van der Waals surface area contributed by atoms with Crippen molar-refractivity contribution in [2.24, 2.45) is 0 Å². The average Bonchev–Trinajstić information content (AvgIpc) is 2.48. The summed E-state index contributed by atoms with van der Waals surface area (Å²) in [6, 6.07) is 16.6. The van der Waals surface area contributed by atoms with Gasteiger partial charge in [-0.15, -0.1) is 0 Å². The Kier molecular flexibility index (Phi) is 5.30. The summed E-state index contributed by atoms with van der Waals surface area (Å²) in [6.45, 7) is 1.66. The van der Waals surface area contributed by atoms with Crippen molar-refractivity contribution in [3.63, 3.8) is 0 Å². The lowest BCUT2D eigenvalue weighted by Gasteiger charge is -2.14. The monoisotopic (exact) mass is 318 g/mol. The number of sulfonamides is 1. The van der Waals surface area contributed by atoms with E-state index < -0.39 is 16.1 Å². The fourth-order valence-corrected chi connectivity index (χ4v) is 3.25. The number of hydrogen-bond acceptors (Lipinski definition) is 3. The lowest BCUT2D eigenvalue weighted by molar-refractivity contribution is -0.116. The molecule has 116 valence electrons. The van der Waals surface area contributed by atoms with Crippen LogP contribution in [0.3, 0.4) is 0 Å². The fraction of sp³-hybridized carbons (Fsp3) is 0.188. The highest BCUT2D eigenvalue weighted by Gasteiger charge is 2.18. The van der Waals surface area contributed by atoms with Gasteiger partial charge in [0.1, 0.15) is 0 Å². The van der Waals surface area contributed by atoms with Gasteiger partial charge in [0, 0.05) is 18.2 Å². The largest absolute Gasteiger partial charge is 0.326 e. The van der Waals surface area contributed by atoms with E-state index in [1.165, 1.54) is 12.1 Å². The zero-order valence-electron chi connectivity index (χ0n) is 12.2. The molecule has 0 aromatic heterocycles. The van der Waals surface area contributed by atoms with E-state index >= 15 is 0 Å². The van der Waals surface area contributed by atoms with E-state index in [2.05, 4.69) is 10.0 Å². The third-order valence-corrected chi connectivity index (χ3v) is 4.56. The summed E-state index contributed by atoms with van der Waals surface area (Å²) in [7, 11) is -3.61. The summed E-state index contributed by atoms with van der Waals surface area (Å²) in [5.74, 6) is -0.241. The minimum absolute atomic E-state index is 0.0565. The molecule has 1 atom stereocenters. The molecule has 22 heavy (non-hydrogen) atoms. The Morgan fingerprint density at radius 3 is 2.14 bits per heavy atom. The molecule has 2 rings (SSSR count). The van der Waals surface area contributed by atoms with E-state index in [0.29, 0.717) is 5.69 Å². The van der Waals surface area contributed by atoms with Gasteiger partial charge in [0.2, 0.25) is 15.9 Å². The number of rotatable bonds is 6. The molecule has 2 N–H and O–H groups in total. The second kappa shape index (κ2) is 7.20. The van der Waals surface area contributed by atoms with Gasteiger partial charge >= 0.3 is 0 Å². The zero-order chi connectivity index (χ0) is 16.0. The van der Waals surface area contributed by atoms with Crippen molar-refractivity contribution in [2.75, 3.05) is 5.32 Å². The van der Waals surface area contributed by atoms with Gasteiger partial charge in [0.05, 0.1) is 4.90 Å². The molecule has 0 fully saturated rings. The van der Waals surface area contributed by atoms with Gasteiger partial charge in [-0.05, 0) is 31.2 Å². The Bertz CT molecular complexity index is 716. The molecule has 0 heterocycles. The Hall–Kier alpha value is -2.18. The molecule has 1 amide bonds. The summed E-state index contributed by atoms with van der Waals surface area (Å²) in [5, 5.41) is 2.72. The Morgan fingerprint density at radius 1 is 1.00 bits per heavy atom. The Labute approximate surface area is 130 Å². The third kappa shape index (κ3) is 4.68. The van der Waals surface area contributed by atoms with Crippen LogP contribution in [0.2, 0.25) is 0 Å². The van der Waals surface area contributed by atoms with Crippen molar-refractivity contribution >= 4 is 21.6 Å². The second-order valence-electron chi connectivity index (χ2n) is 4.95. The summed E-state index contributed by atoms with van der Waals surface area (Å²) in [6.07, 6.45) is 0.0565. The molecule has 0 spiro atoms. The van der Waals surface area contributed by atoms with Crippen molar-refractivity contribution < 1.29 is 13.2 Å². The molecule has 0 aliphatic heterocycles. The molecule has 0 aliphatic rings. The summed E-state index contributed by atoms with van der Waals surface area (Å²) >= 11 is 0. The first kappa shape index (κ1) is 16.2. The molecule has 2 aromatic carbocycles. The Balaban J connectivity index is 1.92. The molecule has 0 aliphatic carbocycles. The second-order valence-corrected chi connectivity index (χ2v) is 6.67. The molecule has 5 nitrogen and oxygen atoms in total. The molecule has 2 aromatic rings. The highest BCUT2D eigenvalue weighted by molar-refractivity contribution is 7.89. The minimum Gasteiger partial charge on any atom is -0.326 e. The van der Waals surface area contributed by atoms with E-state index in [1.54, 1.807) is 37.3 Å². The molecule has 0 saturated carbocycles. The summed E-state index contributed by atoms with van der Waals surface area (Å²) in [4.78, 5) is 12.1. The number of nitrogens with one attached hydrogen (secondary N) is 2. The maximum atomic E-state index is 12.1. The predicted molar refractivity (Wildman–Crippen MR) is 85.9 cm³/mol. The van der Waals surface area contributed by atoms with Crippen LogP contribution in [0, 0.1) is 0 Å². The maximum Gasteiger partial charge on any atom is 0.240 e. The van der Waals surface area contributed by atoms with Crippen molar-refractivity contribution in [2.45, 2.75) is 24.3 Å². The van der Waals surface area contributed by atoms with Crippen LogP contribution in [0.15, 0.2) is 65.6 Å². The van der Waals surface area contributed by atoms with Crippen LogP contribution in [-0.4, -0.2) is 20.4 Å². The minimum atomic E-state index is -3.61. The van der Waals surface area contributed by atoms with Gasteiger partial charge in [-0.2, -0.15) is 0 Å². The van der Waals surface area contributed by atoms with Crippen LogP contribution in [0.4, 0.5) is 5.69 Å². The zero-order valence-corrected chi connectivity index (χ0v) is 13.0. The van der Waals surface area contributed by atoms with Crippen LogP contribution in [0.1, 0.15) is 13.3 Å². The fourth-order valence-electron chi connectivity index (χ4n) is 1.99. The lowest BCUT2D eigenvalue weighted by atomic mass is 10.2. The first-order valence-corrected chi connectivity index (χ1v) is 8.38. The molecular weight excluding hydrogens is 300 g/mol. The van der Waals surface area contributed by atoms with Crippen LogP contribution in [-0.2, 0) is 14.8 Å². The van der Waals surface area contributed by atoms with Crippen LogP contribution < -0.4 is 10.0 Å². The van der Waals surface area contributed by atoms with Gasteiger partial charge in [0.15, 0.2) is 0 Å². The lowest BCUT2D eigenvalue weighted by Crippen LogP contribution is -2.35. The highest BCUT2D eigenvalue weighted by atomic mass is 32.2. The first-order valence-electron chi connectivity index (χ1n) is 6.89. The molecule has 1 unspecified atom stereocenters. The van der Waals surface area contributed by atoms with Gasteiger partial charge < -0.3 is 5.32 Å². The smallest absolute Gasteiger partial charge is 0.240 e. The van der Waals surface area contributed by atoms with Crippen molar-refractivity contribution in [1.29, 1.82) is 0 Å². The number of benzene rings is 2. The molecule has 0 bridgehead atoms. The van der Waals surface area contributed by atoms with Crippen LogP contribution in [0.5, 0.6) is 0 Å². The highest BCUT2D eigenvalue weighted by Crippen LogP contribution is 2.10. The summed E-state index contributed by atoms with van der Waals surface area (Å²) < 4.78 is 26.8. The van der Waals surface area contributed by atoms with E-state index in [0.717, 1.165) is 0 Å². The standard InChI is InChI=1S/C16H18N2O3S/c1-13(12-16(19)17-14-8-4-2-5-9-14)18-22(20,21)15-10-6-3-7-11-15/h2-11,13,18H,12H2,1H3,(H,17,19). The van der Waals surface area contributed by atoms with E-state index in [1.807, 2.05) is 18.2 Å². The number of carbonyl (C=O) groups excluding carboxylic acids is 1. The molecule has 0 saturated heterocycles. The van der Waals surface area contributed by atoms with E-state index in [9.17, 15) is 13.2 Å². The van der Waals surface area contributed by atoms with E-state index in [-0.39, 0.29) is 17.2 Å². The van der Waals surface area contributed by atoms with Gasteiger partial charge in [-0.3, -0.25) is 4.79 Å². The van der Waals surface area contributed by atoms with Crippen LogP contribution >= 0.6 is 0 Å². The molecular formula is C16H18N2O3S. The number of anilines is 1. The quantitative estimate of drug-likeness (QED) is 0.858. The SMILES string of the molecule is CC(CC(=O)Nc1ccccc1)NS(=O)(=O)c1ccccc1. The number of amides is 1. The van der Waals surface area contributed by atoms with Crippen molar-refractivity contribution in [3.8, 4) is 0 Å². The van der Waals surface area contributed by atoms with E-state index in [4.69, 9.17) is 0 Å². The van der Waals surface area contributed by atoms with Gasteiger partial charge in [-0.25, -0.2) is 13.1 Å². The number of para-hydroxylation sites is 1. The third-order valence-electron chi connectivity index (χ3n) is 2.96. The first-order chi connectivity index (χ1) is 10.5. The van der Waals surface area contributed by atoms with Gasteiger partial charge in [-0.1, -0.05) is 36.4 Å². The maximum absolute atomic E-state index is 12.1. The van der Waals surface area contributed by atoms with Crippen molar-refractivity contribution in [3.05, 3.63) is 60.7 Å². The number of carbonyl (C=O) groups is 1. The van der Waals surface area contributed by atoms with Crippen LogP contribution in [0.25, 0.3) is 0 Å². The number of hydrogen-bond donors (Lipinski definition) is 2.